The maximum Gasteiger partial charge on any atom is 0.257 e. The van der Waals surface area contributed by atoms with Gasteiger partial charge in [0.2, 0.25) is 5.89 Å². The first kappa shape index (κ1) is 20.0. The molecule has 6 nitrogen and oxygen atoms in total. The molecular weight excluding hydrogens is 420 g/mol. The molecule has 2 heterocycles. The fourth-order valence-corrected chi connectivity index (χ4v) is 3.45. The minimum Gasteiger partial charge on any atom is -0.434 e. The maximum atomic E-state index is 12.5. The summed E-state index contributed by atoms with van der Waals surface area (Å²) in [6.07, 6.45) is 1.65. The zero-order valence-electron chi connectivity index (χ0n) is 16.2. The van der Waals surface area contributed by atoms with Crippen molar-refractivity contribution in [2.45, 2.75) is 13.8 Å². The van der Waals surface area contributed by atoms with E-state index in [4.69, 9.17) is 28.2 Å². The second kappa shape index (κ2) is 8.22. The third-order valence-electron chi connectivity index (χ3n) is 4.34. The lowest BCUT2D eigenvalue weighted by Crippen LogP contribution is -2.34. The first-order chi connectivity index (χ1) is 14.4. The Morgan fingerprint density at radius 2 is 1.87 bits per heavy atom. The second-order valence-corrected chi connectivity index (χ2v) is 7.64. The van der Waals surface area contributed by atoms with Crippen molar-refractivity contribution in [2.75, 3.05) is 5.32 Å². The fraction of sp³-hybridized carbons (Fsp3) is 0.0909. The Balaban J connectivity index is 1.53. The van der Waals surface area contributed by atoms with Crippen LogP contribution in [0.5, 0.6) is 0 Å². The molecule has 4 rings (SSSR count). The molecule has 0 saturated heterocycles. The van der Waals surface area contributed by atoms with Crippen molar-refractivity contribution in [1.82, 2.24) is 15.3 Å². The number of anilines is 1. The molecule has 0 fully saturated rings. The minimum atomic E-state index is -0.295. The van der Waals surface area contributed by atoms with Crippen LogP contribution in [0.3, 0.4) is 0 Å². The predicted molar refractivity (Wildman–Crippen MR) is 122 cm³/mol. The number of fused-ring (bicyclic) bond motifs is 1. The van der Waals surface area contributed by atoms with Crippen molar-refractivity contribution in [1.29, 1.82) is 0 Å². The Morgan fingerprint density at radius 1 is 1.10 bits per heavy atom. The standard InChI is InChI=1S/C22H17ClN4O2S/c1-12-8-13(2)10-15(9-12)20(28)27-22(30)25-17-11-14(5-6-16(17)23)21-26-19-18(29-21)4-3-7-24-19/h3-11H,1-2H3,(H2,25,27,28,30). The van der Waals surface area contributed by atoms with Gasteiger partial charge in [-0.15, -0.1) is 0 Å². The average molecular weight is 437 g/mol. The minimum absolute atomic E-state index is 0.137. The highest BCUT2D eigenvalue weighted by Crippen LogP contribution is 2.30. The van der Waals surface area contributed by atoms with Crippen LogP contribution in [0.1, 0.15) is 21.5 Å². The zero-order valence-corrected chi connectivity index (χ0v) is 17.8. The van der Waals surface area contributed by atoms with Gasteiger partial charge in [0.25, 0.3) is 5.91 Å². The van der Waals surface area contributed by atoms with E-state index in [2.05, 4.69) is 20.6 Å². The average Bonchev–Trinajstić information content (AvgIpc) is 3.13. The molecular formula is C22H17ClN4O2S. The van der Waals surface area contributed by atoms with Gasteiger partial charge in [0.15, 0.2) is 16.3 Å². The van der Waals surface area contributed by atoms with Gasteiger partial charge >= 0.3 is 0 Å². The molecule has 4 aromatic rings. The van der Waals surface area contributed by atoms with Gasteiger partial charge in [-0.2, -0.15) is 4.98 Å². The summed E-state index contributed by atoms with van der Waals surface area (Å²) < 4.78 is 5.75. The number of halogens is 1. The highest BCUT2D eigenvalue weighted by atomic mass is 35.5. The van der Waals surface area contributed by atoms with Crippen LogP contribution in [-0.2, 0) is 0 Å². The van der Waals surface area contributed by atoms with Crippen molar-refractivity contribution in [3.05, 3.63) is 76.4 Å². The van der Waals surface area contributed by atoms with E-state index in [9.17, 15) is 4.79 Å². The Kier molecular flexibility index (Phi) is 5.48. The van der Waals surface area contributed by atoms with E-state index in [-0.39, 0.29) is 11.0 Å². The van der Waals surface area contributed by atoms with Gasteiger partial charge in [0.05, 0.1) is 10.7 Å². The highest BCUT2D eigenvalue weighted by molar-refractivity contribution is 7.80. The molecule has 0 saturated carbocycles. The van der Waals surface area contributed by atoms with Crippen molar-refractivity contribution >= 4 is 51.8 Å². The SMILES string of the molecule is Cc1cc(C)cc(C(=O)NC(=S)Nc2cc(-c3nc4ncccc4o3)ccc2Cl)c1. The second-order valence-electron chi connectivity index (χ2n) is 6.82. The number of hydrogen-bond acceptors (Lipinski definition) is 5. The van der Waals surface area contributed by atoms with Crippen molar-refractivity contribution in [3.8, 4) is 11.5 Å². The van der Waals surface area contributed by atoms with Gasteiger partial charge in [0.1, 0.15) is 0 Å². The van der Waals surface area contributed by atoms with Gasteiger partial charge in [-0.05, 0) is 68.5 Å². The number of hydrogen-bond donors (Lipinski definition) is 2. The Morgan fingerprint density at radius 3 is 2.60 bits per heavy atom. The molecule has 2 N–H and O–H groups in total. The monoisotopic (exact) mass is 436 g/mol. The molecule has 0 bridgehead atoms. The van der Waals surface area contributed by atoms with Crippen LogP contribution in [0.2, 0.25) is 5.02 Å². The molecule has 0 spiro atoms. The molecule has 0 radical (unpaired) electrons. The van der Waals surface area contributed by atoms with E-state index in [1.807, 2.05) is 19.9 Å². The smallest absolute Gasteiger partial charge is 0.257 e. The number of aromatic nitrogens is 2. The number of nitrogens with one attached hydrogen (secondary N) is 2. The lowest BCUT2D eigenvalue weighted by molar-refractivity contribution is 0.0977. The first-order valence-corrected chi connectivity index (χ1v) is 9.90. The number of carbonyl (C=O) groups is 1. The van der Waals surface area contributed by atoms with E-state index in [0.29, 0.717) is 39.0 Å². The van der Waals surface area contributed by atoms with Crippen LogP contribution in [0.15, 0.2) is 59.1 Å². The Hall–Kier alpha value is -3.29. The van der Waals surface area contributed by atoms with Crippen LogP contribution >= 0.6 is 23.8 Å². The summed E-state index contributed by atoms with van der Waals surface area (Å²) in [4.78, 5) is 21.1. The van der Waals surface area contributed by atoms with Crippen molar-refractivity contribution in [2.24, 2.45) is 0 Å². The largest absolute Gasteiger partial charge is 0.434 e. The molecule has 30 heavy (non-hydrogen) atoms. The van der Waals surface area contributed by atoms with E-state index in [1.54, 1.807) is 48.7 Å². The number of thiocarbonyl (C=S) groups is 1. The summed E-state index contributed by atoms with van der Waals surface area (Å²) >= 11 is 11.6. The molecule has 0 atom stereocenters. The van der Waals surface area contributed by atoms with Crippen LogP contribution in [-0.4, -0.2) is 21.0 Å². The topological polar surface area (TPSA) is 80.0 Å². The predicted octanol–water partition coefficient (Wildman–Crippen LogP) is 5.29. The summed E-state index contributed by atoms with van der Waals surface area (Å²) in [6, 6.07) is 14.4. The van der Waals surface area contributed by atoms with Crippen LogP contribution in [0, 0.1) is 13.8 Å². The van der Waals surface area contributed by atoms with E-state index >= 15 is 0 Å². The molecule has 0 unspecified atom stereocenters. The summed E-state index contributed by atoms with van der Waals surface area (Å²) in [5.41, 5.74) is 4.88. The third-order valence-corrected chi connectivity index (χ3v) is 4.87. The van der Waals surface area contributed by atoms with Gasteiger partial charge in [-0.25, -0.2) is 4.98 Å². The van der Waals surface area contributed by atoms with Gasteiger partial charge in [0, 0.05) is 17.3 Å². The van der Waals surface area contributed by atoms with E-state index < -0.39 is 0 Å². The lowest BCUT2D eigenvalue weighted by Gasteiger charge is -2.12. The molecule has 8 heteroatoms. The van der Waals surface area contributed by atoms with E-state index in [0.717, 1.165) is 11.1 Å². The fourth-order valence-electron chi connectivity index (χ4n) is 3.08. The normalized spacial score (nSPS) is 10.8. The molecule has 0 aliphatic carbocycles. The molecule has 0 aliphatic rings. The summed E-state index contributed by atoms with van der Waals surface area (Å²) in [5, 5.41) is 6.22. The van der Waals surface area contributed by atoms with Crippen molar-refractivity contribution < 1.29 is 9.21 Å². The number of nitrogens with zero attached hydrogens (tertiary/aromatic N) is 2. The molecule has 2 aromatic heterocycles. The number of carbonyl (C=O) groups excluding carboxylic acids is 1. The molecule has 1 amide bonds. The van der Waals surface area contributed by atoms with E-state index in [1.165, 1.54) is 0 Å². The summed E-state index contributed by atoms with van der Waals surface area (Å²) in [5.74, 6) is 0.116. The van der Waals surface area contributed by atoms with Gasteiger partial charge in [-0.3, -0.25) is 10.1 Å². The van der Waals surface area contributed by atoms with Crippen LogP contribution in [0.25, 0.3) is 22.7 Å². The third kappa shape index (κ3) is 4.32. The maximum absolute atomic E-state index is 12.5. The van der Waals surface area contributed by atoms with Crippen molar-refractivity contribution in [3.63, 3.8) is 0 Å². The Labute approximate surface area is 183 Å². The molecule has 2 aromatic carbocycles. The summed E-state index contributed by atoms with van der Waals surface area (Å²) in [7, 11) is 0. The number of amides is 1. The van der Waals surface area contributed by atoms with Crippen LogP contribution in [0.4, 0.5) is 5.69 Å². The number of oxazole rings is 1. The quantitative estimate of drug-likeness (QED) is 0.425. The van der Waals surface area contributed by atoms with Crippen LogP contribution < -0.4 is 10.6 Å². The molecule has 150 valence electrons. The van der Waals surface area contributed by atoms with Gasteiger partial charge < -0.3 is 9.73 Å². The highest BCUT2D eigenvalue weighted by Gasteiger charge is 2.13. The number of rotatable bonds is 3. The number of aryl methyl sites for hydroxylation is 2. The lowest BCUT2D eigenvalue weighted by atomic mass is 10.1. The summed E-state index contributed by atoms with van der Waals surface area (Å²) in [6.45, 7) is 3.88. The number of benzene rings is 2. The Bertz CT molecular complexity index is 1230. The first-order valence-electron chi connectivity index (χ1n) is 9.11. The zero-order chi connectivity index (χ0) is 21.3. The number of pyridine rings is 1. The molecule has 0 aliphatic heterocycles. The van der Waals surface area contributed by atoms with Gasteiger partial charge in [-0.1, -0.05) is 28.8 Å².